The fourth-order valence-corrected chi connectivity index (χ4v) is 3.06. The lowest BCUT2D eigenvalue weighted by Gasteiger charge is -2.29. The first-order valence-corrected chi connectivity index (χ1v) is 9.42. The van der Waals surface area contributed by atoms with Crippen LogP contribution in [0.3, 0.4) is 0 Å². The van der Waals surface area contributed by atoms with E-state index in [4.69, 9.17) is 0 Å². The van der Waals surface area contributed by atoms with E-state index >= 15 is 0 Å². The van der Waals surface area contributed by atoms with Crippen molar-refractivity contribution < 1.29 is 13.2 Å². The maximum atomic E-state index is 14.3. The van der Waals surface area contributed by atoms with Crippen LogP contribution in [-0.2, 0) is 11.3 Å². The Morgan fingerprint density at radius 3 is 2.58 bits per heavy atom. The molecule has 26 heavy (non-hydrogen) atoms. The van der Waals surface area contributed by atoms with Crippen molar-refractivity contribution in [3.63, 3.8) is 0 Å². The Labute approximate surface area is 156 Å². The second kappa shape index (κ2) is 10.1. The summed E-state index contributed by atoms with van der Waals surface area (Å²) in [5, 5.41) is 6.35. The monoisotopic (exact) mass is 376 g/mol. The highest BCUT2D eigenvalue weighted by Gasteiger charge is 2.17. The molecule has 2 rings (SSSR count). The molecular weight excluding hydrogens is 353 g/mol. The summed E-state index contributed by atoms with van der Waals surface area (Å²) in [6.45, 7) is 5.97. The van der Waals surface area contributed by atoms with E-state index in [-0.39, 0.29) is 5.69 Å². The lowest BCUT2D eigenvalue weighted by atomic mass is 10.2. The molecule has 1 atom stereocenters. The van der Waals surface area contributed by atoms with Crippen molar-refractivity contribution in [1.29, 1.82) is 0 Å². The second-order valence-electron chi connectivity index (χ2n) is 5.64. The Hall–Kier alpha value is -2.22. The Balaban J connectivity index is 2.27. The van der Waals surface area contributed by atoms with Crippen LogP contribution in [0.25, 0.3) is 0 Å². The number of rotatable bonds is 9. The first-order valence-electron chi connectivity index (χ1n) is 8.39. The van der Waals surface area contributed by atoms with Gasteiger partial charge in [0.2, 0.25) is 0 Å². The smallest absolute Gasteiger partial charge is 0.148 e. The molecule has 2 N–H and O–H groups in total. The molecule has 5 nitrogen and oxygen atoms in total. The summed E-state index contributed by atoms with van der Waals surface area (Å²) in [6.07, 6.45) is 3.94. The number of halogens is 1. The first kappa shape index (κ1) is 20.1. The number of para-hydroxylation sites is 2. The third-order valence-corrected chi connectivity index (χ3v) is 4.37. The summed E-state index contributed by atoms with van der Waals surface area (Å²) in [7, 11) is 0. The largest absolute Gasteiger partial charge is 0.755 e. The van der Waals surface area contributed by atoms with Gasteiger partial charge in [0, 0.05) is 13.1 Å². The van der Waals surface area contributed by atoms with E-state index < -0.39 is 17.1 Å². The van der Waals surface area contributed by atoms with E-state index in [1.807, 2.05) is 19.1 Å². The second-order valence-corrected chi connectivity index (χ2v) is 6.44. The van der Waals surface area contributed by atoms with Crippen LogP contribution >= 0.6 is 0 Å². The topological polar surface area (TPSA) is 67.4 Å². The van der Waals surface area contributed by atoms with Crippen molar-refractivity contribution in [3.8, 4) is 0 Å². The molecule has 1 unspecified atom stereocenters. The van der Waals surface area contributed by atoms with Gasteiger partial charge in [-0.25, -0.2) is 4.39 Å². The minimum absolute atomic E-state index is 0.0131. The summed E-state index contributed by atoms with van der Waals surface area (Å²) < 4.78 is 39.0. The maximum Gasteiger partial charge on any atom is 0.148 e. The molecule has 0 heterocycles. The van der Waals surface area contributed by atoms with Gasteiger partial charge >= 0.3 is 0 Å². The highest BCUT2D eigenvalue weighted by Crippen LogP contribution is 2.34. The minimum Gasteiger partial charge on any atom is -0.755 e. The van der Waals surface area contributed by atoms with Crippen molar-refractivity contribution >= 4 is 28.3 Å². The van der Waals surface area contributed by atoms with Crippen molar-refractivity contribution in [2.24, 2.45) is 0 Å². The van der Waals surface area contributed by atoms with Gasteiger partial charge in [0.15, 0.2) is 0 Å². The Kier molecular flexibility index (Phi) is 7.77. The van der Waals surface area contributed by atoms with E-state index in [2.05, 4.69) is 10.6 Å². The molecule has 0 aliphatic carbocycles. The van der Waals surface area contributed by atoms with Crippen molar-refractivity contribution in [1.82, 2.24) is 5.32 Å². The van der Waals surface area contributed by atoms with Crippen LogP contribution in [0.1, 0.15) is 12.5 Å². The predicted molar refractivity (Wildman–Crippen MR) is 105 cm³/mol. The minimum atomic E-state index is -2.67. The summed E-state index contributed by atoms with van der Waals surface area (Å²) >= 11 is -2.67. The van der Waals surface area contributed by atoms with Crippen molar-refractivity contribution in [2.45, 2.75) is 13.8 Å². The Bertz CT molecular complexity index is 783. The molecule has 0 radical (unpaired) electrons. The molecule has 0 amide bonds. The molecule has 0 aliphatic rings. The van der Waals surface area contributed by atoms with Gasteiger partial charge in [-0.1, -0.05) is 37.3 Å². The van der Waals surface area contributed by atoms with E-state index in [9.17, 15) is 13.2 Å². The molecule has 0 spiro atoms. The van der Waals surface area contributed by atoms with Gasteiger partial charge in [-0.2, -0.15) is 0 Å². The Morgan fingerprint density at radius 2 is 1.88 bits per heavy atom. The standard InChI is InChI=1S/C19H24FN3O2S/c1-3-21-12-6-7-13-22-17-8-4-5-9-19(17)23(26(24)25)18-11-10-15(2)14-16(18)20/h4-11,14,21-22H,3,12-13H2,1-2H3,(H,24,25)/p-1/b7-6-. The molecule has 0 bridgehead atoms. The van der Waals surface area contributed by atoms with Crippen molar-refractivity contribution in [2.75, 3.05) is 29.3 Å². The number of nitrogens with one attached hydrogen (secondary N) is 2. The normalized spacial score (nSPS) is 12.3. The van der Waals surface area contributed by atoms with E-state index in [0.29, 0.717) is 17.9 Å². The van der Waals surface area contributed by atoms with Crippen LogP contribution in [0.4, 0.5) is 21.5 Å². The number of hydrogen-bond acceptors (Lipinski definition) is 4. The van der Waals surface area contributed by atoms with Crippen LogP contribution in [0.15, 0.2) is 54.6 Å². The molecule has 2 aromatic rings. The summed E-state index contributed by atoms with van der Waals surface area (Å²) in [6, 6.07) is 11.4. The average molecular weight is 376 g/mol. The van der Waals surface area contributed by atoms with Crippen LogP contribution < -0.4 is 14.9 Å². The maximum absolute atomic E-state index is 14.3. The molecule has 2 aromatic carbocycles. The van der Waals surface area contributed by atoms with Gasteiger partial charge in [-0.3, -0.25) is 8.51 Å². The van der Waals surface area contributed by atoms with Crippen molar-refractivity contribution in [3.05, 3.63) is 66.0 Å². The highest BCUT2D eigenvalue weighted by atomic mass is 32.2. The molecule has 7 heteroatoms. The molecule has 0 saturated carbocycles. The molecule has 140 valence electrons. The predicted octanol–water partition coefficient (Wildman–Crippen LogP) is 3.64. The van der Waals surface area contributed by atoms with E-state index in [0.717, 1.165) is 23.0 Å². The number of benzene rings is 2. The average Bonchev–Trinajstić information content (AvgIpc) is 2.61. The fraction of sp³-hybridized carbons (Fsp3) is 0.263. The van der Waals surface area contributed by atoms with Crippen LogP contribution in [0.2, 0.25) is 0 Å². The van der Waals surface area contributed by atoms with E-state index in [1.54, 1.807) is 37.3 Å². The zero-order valence-electron chi connectivity index (χ0n) is 14.9. The highest BCUT2D eigenvalue weighted by molar-refractivity contribution is 7.81. The number of aryl methyl sites for hydroxylation is 1. The van der Waals surface area contributed by atoms with Gasteiger partial charge in [-0.15, -0.1) is 0 Å². The van der Waals surface area contributed by atoms with Crippen LogP contribution in [-0.4, -0.2) is 28.4 Å². The molecule has 0 saturated heterocycles. The summed E-state index contributed by atoms with van der Waals surface area (Å²) in [4.78, 5) is 0. The summed E-state index contributed by atoms with van der Waals surface area (Å²) in [5.74, 6) is -0.588. The van der Waals surface area contributed by atoms with Gasteiger partial charge in [0.1, 0.15) is 5.82 Å². The lowest BCUT2D eigenvalue weighted by Crippen LogP contribution is -2.22. The molecule has 0 fully saturated rings. The number of nitrogens with zero attached hydrogens (tertiary/aromatic N) is 1. The quantitative estimate of drug-likeness (QED) is 0.398. The van der Waals surface area contributed by atoms with E-state index in [1.165, 1.54) is 12.1 Å². The first-order chi connectivity index (χ1) is 12.5. The zero-order valence-corrected chi connectivity index (χ0v) is 15.7. The molecule has 0 aromatic heterocycles. The summed E-state index contributed by atoms with van der Waals surface area (Å²) in [5.41, 5.74) is 1.68. The third-order valence-electron chi connectivity index (χ3n) is 3.68. The van der Waals surface area contributed by atoms with Gasteiger partial charge in [0.05, 0.1) is 28.3 Å². The molecular formula is C19H23FN3O2S-. The number of likely N-dealkylation sites (N-methyl/N-ethyl adjacent to an activating group) is 1. The number of anilines is 3. The van der Waals surface area contributed by atoms with Crippen LogP contribution in [0.5, 0.6) is 0 Å². The van der Waals surface area contributed by atoms with Crippen LogP contribution in [0, 0.1) is 12.7 Å². The van der Waals surface area contributed by atoms with Gasteiger partial charge in [0.25, 0.3) is 0 Å². The fourth-order valence-electron chi connectivity index (χ4n) is 2.43. The SMILES string of the molecule is CCNC/C=C\CNc1ccccc1N(c1ccc(C)cc1F)S(=O)[O-]. The molecule has 0 aliphatic heterocycles. The lowest BCUT2D eigenvalue weighted by molar-refractivity contribution is 0.535. The zero-order chi connectivity index (χ0) is 18.9. The van der Waals surface area contributed by atoms with Gasteiger partial charge in [-0.05, 0) is 43.3 Å². The van der Waals surface area contributed by atoms with Gasteiger partial charge < -0.3 is 15.2 Å². The number of hydrogen-bond donors (Lipinski definition) is 2. The Morgan fingerprint density at radius 1 is 1.15 bits per heavy atom. The third kappa shape index (κ3) is 5.39.